The highest BCUT2D eigenvalue weighted by Gasteiger charge is 2.15. The van der Waals surface area contributed by atoms with Crippen LogP contribution in [0.3, 0.4) is 0 Å². The summed E-state index contributed by atoms with van der Waals surface area (Å²) in [6, 6.07) is 14.9. The molecule has 1 aliphatic rings. The van der Waals surface area contributed by atoms with E-state index >= 15 is 0 Å². The van der Waals surface area contributed by atoms with Gasteiger partial charge in [-0.15, -0.1) is 0 Å². The van der Waals surface area contributed by atoms with Crippen LogP contribution in [0.5, 0.6) is 0 Å². The number of hydrogen-bond acceptors (Lipinski definition) is 4. The van der Waals surface area contributed by atoms with Gasteiger partial charge in [0.25, 0.3) is 5.91 Å². The zero-order valence-corrected chi connectivity index (χ0v) is 13.7. The predicted octanol–water partition coefficient (Wildman–Crippen LogP) is 2.78. The number of fused-ring (bicyclic) bond motifs is 1. The summed E-state index contributed by atoms with van der Waals surface area (Å²) in [4.78, 5) is 33.1. The lowest BCUT2D eigenvalue weighted by atomic mass is 10.1. The number of amides is 1. The Morgan fingerprint density at radius 2 is 1.76 bits per heavy atom. The smallest absolute Gasteiger partial charge is 0.346 e. The summed E-state index contributed by atoms with van der Waals surface area (Å²) in [5.74, 6) is -0.392. The lowest BCUT2D eigenvalue weighted by molar-refractivity contribution is 0.102. The fraction of sp³-hybridized carbons (Fsp3) is 0.211. The lowest BCUT2D eigenvalue weighted by Crippen LogP contribution is -2.21. The molecule has 126 valence electrons. The van der Waals surface area contributed by atoms with Gasteiger partial charge in [-0.2, -0.15) is 4.98 Å². The van der Waals surface area contributed by atoms with E-state index in [2.05, 4.69) is 20.2 Å². The van der Waals surface area contributed by atoms with Crippen molar-refractivity contribution in [1.82, 2.24) is 9.97 Å². The molecule has 1 aliphatic heterocycles. The zero-order chi connectivity index (χ0) is 17.2. The number of carbonyl (C=O) groups is 1. The number of aromatic amines is 1. The molecule has 2 N–H and O–H groups in total. The molecule has 1 saturated heterocycles. The molecule has 0 radical (unpaired) electrons. The molecule has 0 saturated carbocycles. The third kappa shape index (κ3) is 3.10. The van der Waals surface area contributed by atoms with Gasteiger partial charge in [0.2, 0.25) is 0 Å². The maximum atomic E-state index is 12.6. The van der Waals surface area contributed by atoms with Crippen LogP contribution in [0.4, 0.5) is 11.4 Å². The number of anilines is 2. The number of carbonyl (C=O) groups excluding carboxylic acids is 1. The Kier molecular flexibility index (Phi) is 3.93. The van der Waals surface area contributed by atoms with Gasteiger partial charge < -0.3 is 15.2 Å². The van der Waals surface area contributed by atoms with Crippen molar-refractivity contribution in [3.8, 4) is 0 Å². The van der Waals surface area contributed by atoms with Gasteiger partial charge in [0.15, 0.2) is 0 Å². The maximum Gasteiger partial charge on any atom is 0.346 e. The molecular formula is C19H18N4O2. The van der Waals surface area contributed by atoms with Gasteiger partial charge in [0.1, 0.15) is 5.69 Å². The summed E-state index contributed by atoms with van der Waals surface area (Å²) in [6.07, 6.45) is 2.44. The molecule has 3 aromatic rings. The first-order valence-electron chi connectivity index (χ1n) is 8.36. The minimum atomic E-state index is -0.534. The van der Waals surface area contributed by atoms with Gasteiger partial charge in [0.05, 0.1) is 5.52 Å². The van der Waals surface area contributed by atoms with E-state index < -0.39 is 11.6 Å². The third-order valence-corrected chi connectivity index (χ3v) is 4.45. The van der Waals surface area contributed by atoms with Crippen LogP contribution in [0.25, 0.3) is 10.9 Å². The second-order valence-corrected chi connectivity index (χ2v) is 6.13. The molecule has 2 aromatic carbocycles. The summed E-state index contributed by atoms with van der Waals surface area (Å²) in [5.41, 5.74) is 2.03. The largest absolute Gasteiger partial charge is 0.372 e. The van der Waals surface area contributed by atoms with E-state index in [1.165, 1.54) is 12.8 Å². The monoisotopic (exact) mass is 334 g/mol. The summed E-state index contributed by atoms with van der Waals surface area (Å²) in [5, 5.41) is 3.44. The van der Waals surface area contributed by atoms with E-state index in [9.17, 15) is 9.59 Å². The van der Waals surface area contributed by atoms with Crippen molar-refractivity contribution in [3.05, 3.63) is 64.7 Å². The van der Waals surface area contributed by atoms with Gasteiger partial charge in [-0.05, 0) is 43.2 Å². The van der Waals surface area contributed by atoms with Crippen LogP contribution < -0.4 is 15.9 Å². The molecule has 0 bridgehead atoms. The molecular weight excluding hydrogens is 316 g/mol. The molecule has 1 fully saturated rings. The Morgan fingerprint density at radius 3 is 2.52 bits per heavy atom. The van der Waals surface area contributed by atoms with Crippen molar-refractivity contribution in [2.75, 3.05) is 23.3 Å². The molecule has 0 atom stereocenters. The minimum absolute atomic E-state index is 0.128. The standard InChI is InChI=1S/C19H18N4O2/c24-18(17-15-5-1-2-6-16(15)21-19(25)22-17)20-13-7-9-14(10-8-13)23-11-3-4-12-23/h1-2,5-10H,3-4,11-12H2,(H,20,24)(H,21,22,25). The van der Waals surface area contributed by atoms with Crippen LogP contribution in [0, 0.1) is 0 Å². The summed E-state index contributed by atoms with van der Waals surface area (Å²) >= 11 is 0. The first kappa shape index (κ1) is 15.4. The summed E-state index contributed by atoms with van der Waals surface area (Å²) < 4.78 is 0. The van der Waals surface area contributed by atoms with Crippen LogP contribution in [-0.4, -0.2) is 29.0 Å². The Labute approximate surface area is 144 Å². The van der Waals surface area contributed by atoms with Crippen molar-refractivity contribution in [2.24, 2.45) is 0 Å². The highest BCUT2D eigenvalue weighted by Crippen LogP contribution is 2.22. The summed E-state index contributed by atoms with van der Waals surface area (Å²) in [6.45, 7) is 2.16. The normalized spacial score (nSPS) is 14.0. The summed E-state index contributed by atoms with van der Waals surface area (Å²) in [7, 11) is 0. The number of hydrogen-bond donors (Lipinski definition) is 2. The van der Waals surface area contributed by atoms with Crippen LogP contribution in [0.1, 0.15) is 23.3 Å². The first-order valence-corrected chi connectivity index (χ1v) is 8.36. The van der Waals surface area contributed by atoms with Gasteiger partial charge in [0, 0.05) is 29.9 Å². The molecule has 6 heteroatoms. The second kappa shape index (κ2) is 6.39. The average Bonchev–Trinajstić information content (AvgIpc) is 3.16. The van der Waals surface area contributed by atoms with Gasteiger partial charge in [-0.3, -0.25) is 4.79 Å². The minimum Gasteiger partial charge on any atom is -0.372 e. The SMILES string of the molecule is O=C(Nc1ccc(N2CCCC2)cc1)c1nc(=O)[nH]c2ccccc12. The maximum absolute atomic E-state index is 12.6. The molecule has 1 aromatic heterocycles. The van der Waals surface area contributed by atoms with Crippen molar-refractivity contribution in [1.29, 1.82) is 0 Å². The van der Waals surface area contributed by atoms with Crippen molar-refractivity contribution >= 4 is 28.2 Å². The zero-order valence-electron chi connectivity index (χ0n) is 13.7. The second-order valence-electron chi connectivity index (χ2n) is 6.13. The van der Waals surface area contributed by atoms with Crippen LogP contribution in [-0.2, 0) is 0 Å². The Bertz CT molecular complexity index is 973. The Morgan fingerprint density at radius 1 is 1.04 bits per heavy atom. The molecule has 2 heterocycles. The fourth-order valence-electron chi connectivity index (χ4n) is 3.20. The number of para-hydroxylation sites is 1. The number of nitrogens with zero attached hydrogens (tertiary/aromatic N) is 2. The van der Waals surface area contributed by atoms with Crippen LogP contribution in [0.2, 0.25) is 0 Å². The number of aromatic nitrogens is 2. The number of benzene rings is 2. The van der Waals surface area contributed by atoms with Crippen molar-refractivity contribution in [2.45, 2.75) is 12.8 Å². The molecule has 0 aliphatic carbocycles. The van der Waals surface area contributed by atoms with Gasteiger partial charge >= 0.3 is 5.69 Å². The van der Waals surface area contributed by atoms with E-state index in [1.54, 1.807) is 18.2 Å². The Hall–Kier alpha value is -3.15. The van der Waals surface area contributed by atoms with E-state index in [0.717, 1.165) is 18.8 Å². The number of nitrogens with one attached hydrogen (secondary N) is 2. The average molecular weight is 334 g/mol. The number of rotatable bonds is 3. The van der Waals surface area contributed by atoms with E-state index in [4.69, 9.17) is 0 Å². The quantitative estimate of drug-likeness (QED) is 0.772. The fourth-order valence-corrected chi connectivity index (χ4v) is 3.20. The van der Waals surface area contributed by atoms with Crippen LogP contribution >= 0.6 is 0 Å². The van der Waals surface area contributed by atoms with Gasteiger partial charge in [-0.25, -0.2) is 4.79 Å². The molecule has 25 heavy (non-hydrogen) atoms. The van der Waals surface area contributed by atoms with Crippen LogP contribution in [0.15, 0.2) is 53.3 Å². The van der Waals surface area contributed by atoms with Crippen molar-refractivity contribution < 1.29 is 4.79 Å². The van der Waals surface area contributed by atoms with E-state index in [1.807, 2.05) is 30.3 Å². The van der Waals surface area contributed by atoms with E-state index in [0.29, 0.717) is 16.6 Å². The Balaban J connectivity index is 1.59. The molecule has 1 amide bonds. The predicted molar refractivity (Wildman–Crippen MR) is 98.2 cm³/mol. The molecule has 4 rings (SSSR count). The number of H-pyrrole nitrogens is 1. The molecule has 0 unspecified atom stereocenters. The molecule has 6 nitrogen and oxygen atoms in total. The lowest BCUT2D eigenvalue weighted by Gasteiger charge is -2.17. The molecule has 0 spiro atoms. The topological polar surface area (TPSA) is 78.1 Å². The highest BCUT2D eigenvalue weighted by atomic mass is 16.2. The van der Waals surface area contributed by atoms with Gasteiger partial charge in [-0.1, -0.05) is 18.2 Å². The van der Waals surface area contributed by atoms with E-state index in [-0.39, 0.29) is 5.69 Å². The third-order valence-electron chi connectivity index (χ3n) is 4.45. The first-order chi connectivity index (χ1) is 12.2. The highest BCUT2D eigenvalue weighted by molar-refractivity contribution is 6.10. The van der Waals surface area contributed by atoms with Crippen molar-refractivity contribution in [3.63, 3.8) is 0 Å².